The predicted molar refractivity (Wildman–Crippen MR) is 71.4 cm³/mol. The molecule has 0 aromatic carbocycles. The van der Waals surface area contributed by atoms with Crippen molar-refractivity contribution in [3.63, 3.8) is 0 Å². The summed E-state index contributed by atoms with van der Waals surface area (Å²) in [6.07, 6.45) is 6.83. The van der Waals surface area contributed by atoms with Crippen molar-refractivity contribution in [3.05, 3.63) is 0 Å². The van der Waals surface area contributed by atoms with Crippen LogP contribution >= 0.6 is 0 Å². The molecule has 0 aliphatic heterocycles. The maximum Gasteiger partial charge on any atom is 0.312 e. The molecule has 0 saturated heterocycles. The molecule has 0 unspecified atom stereocenters. The summed E-state index contributed by atoms with van der Waals surface area (Å²) in [4.78, 5) is 12.4. The van der Waals surface area contributed by atoms with E-state index in [1.165, 1.54) is 19.3 Å². The highest BCUT2D eigenvalue weighted by Crippen LogP contribution is 2.60. The molecule has 114 valence electrons. The van der Waals surface area contributed by atoms with Crippen LogP contribution in [0.2, 0.25) is 0 Å². The van der Waals surface area contributed by atoms with Crippen molar-refractivity contribution < 1.29 is 18.3 Å². The summed E-state index contributed by atoms with van der Waals surface area (Å²) in [5.74, 6) is -0.653. The van der Waals surface area contributed by atoms with Gasteiger partial charge in [-0.1, -0.05) is 0 Å². The average Bonchev–Trinajstić information content (AvgIpc) is 2.31. The number of carbonyl (C=O) groups excluding carboxylic acids is 1. The maximum absolute atomic E-state index is 12.7. The van der Waals surface area contributed by atoms with Crippen LogP contribution in [0.1, 0.15) is 58.3 Å². The summed E-state index contributed by atoms with van der Waals surface area (Å²) in [6, 6.07) is 0. The predicted octanol–water partition coefficient (Wildman–Crippen LogP) is 4.18. The minimum absolute atomic E-state index is 0.101. The van der Waals surface area contributed by atoms with Crippen LogP contribution in [-0.4, -0.2) is 18.5 Å². The van der Waals surface area contributed by atoms with Gasteiger partial charge in [-0.05, 0) is 69.6 Å². The van der Waals surface area contributed by atoms with E-state index in [9.17, 15) is 13.6 Å². The zero-order valence-electron chi connectivity index (χ0n) is 12.2. The van der Waals surface area contributed by atoms with E-state index in [4.69, 9.17) is 4.74 Å². The molecule has 4 heteroatoms. The van der Waals surface area contributed by atoms with Gasteiger partial charge >= 0.3 is 5.97 Å². The Morgan fingerprint density at radius 3 is 2.10 bits per heavy atom. The number of halogens is 2. The SMILES string of the molecule is CC(F)(F)CCCOC(=O)C12CC3CC(CC(C3)C1)C2. The lowest BCUT2D eigenvalue weighted by molar-refractivity contribution is -0.172. The van der Waals surface area contributed by atoms with Crippen LogP contribution < -0.4 is 0 Å². The van der Waals surface area contributed by atoms with E-state index < -0.39 is 5.92 Å². The molecule has 0 amide bonds. The zero-order valence-corrected chi connectivity index (χ0v) is 12.2. The molecular formula is C16H24F2O2. The van der Waals surface area contributed by atoms with Crippen molar-refractivity contribution in [1.29, 1.82) is 0 Å². The molecule has 4 saturated carbocycles. The monoisotopic (exact) mass is 286 g/mol. The molecule has 0 spiro atoms. The second-order valence-corrected chi connectivity index (χ2v) is 7.51. The largest absolute Gasteiger partial charge is 0.465 e. The van der Waals surface area contributed by atoms with Gasteiger partial charge in [0.15, 0.2) is 0 Å². The maximum atomic E-state index is 12.7. The number of hydrogen-bond acceptors (Lipinski definition) is 2. The van der Waals surface area contributed by atoms with Crippen LogP contribution in [0.25, 0.3) is 0 Å². The first kappa shape index (κ1) is 14.3. The molecule has 0 radical (unpaired) electrons. The standard InChI is InChI=1S/C16H24F2O2/c1-15(17,18)3-2-4-20-14(19)16-8-11-5-12(9-16)7-13(6-11)10-16/h11-13H,2-10H2,1H3. The van der Waals surface area contributed by atoms with Crippen LogP contribution in [0.4, 0.5) is 8.78 Å². The summed E-state index contributed by atoms with van der Waals surface area (Å²) in [5.41, 5.74) is -0.260. The fourth-order valence-electron chi connectivity index (χ4n) is 5.06. The van der Waals surface area contributed by atoms with E-state index in [2.05, 4.69) is 0 Å². The topological polar surface area (TPSA) is 26.3 Å². The van der Waals surface area contributed by atoms with Gasteiger partial charge in [0.05, 0.1) is 12.0 Å². The number of carbonyl (C=O) groups is 1. The summed E-state index contributed by atoms with van der Waals surface area (Å²) < 4.78 is 30.8. The van der Waals surface area contributed by atoms with Crippen molar-refractivity contribution in [2.24, 2.45) is 23.2 Å². The summed E-state index contributed by atoms with van der Waals surface area (Å²) in [6.45, 7) is 1.05. The van der Waals surface area contributed by atoms with E-state index in [0.29, 0.717) is 17.8 Å². The number of esters is 1. The first-order chi connectivity index (χ1) is 9.36. The third kappa shape index (κ3) is 2.84. The molecule has 0 aromatic heterocycles. The lowest BCUT2D eigenvalue weighted by Gasteiger charge is -2.55. The van der Waals surface area contributed by atoms with Gasteiger partial charge in [-0.15, -0.1) is 0 Å². The minimum atomic E-state index is -2.66. The number of alkyl halides is 2. The fourth-order valence-corrected chi connectivity index (χ4v) is 5.06. The van der Waals surface area contributed by atoms with Gasteiger partial charge in [0.1, 0.15) is 0 Å². The summed E-state index contributed by atoms with van der Waals surface area (Å²) in [7, 11) is 0. The fraction of sp³-hybridized carbons (Fsp3) is 0.938. The van der Waals surface area contributed by atoms with Crippen LogP contribution in [0.5, 0.6) is 0 Å². The summed E-state index contributed by atoms with van der Waals surface area (Å²) in [5, 5.41) is 0. The lowest BCUT2D eigenvalue weighted by Crippen LogP contribution is -2.50. The molecule has 0 heterocycles. The number of ether oxygens (including phenoxy) is 1. The Hall–Kier alpha value is -0.670. The highest BCUT2D eigenvalue weighted by atomic mass is 19.3. The molecule has 4 bridgehead atoms. The molecule has 4 fully saturated rings. The molecular weight excluding hydrogens is 262 g/mol. The zero-order chi connectivity index (χ0) is 14.4. The van der Waals surface area contributed by atoms with Crippen molar-refractivity contribution in [2.75, 3.05) is 6.61 Å². The molecule has 4 aliphatic rings. The van der Waals surface area contributed by atoms with Crippen molar-refractivity contribution in [1.82, 2.24) is 0 Å². The lowest BCUT2D eigenvalue weighted by atomic mass is 9.49. The van der Waals surface area contributed by atoms with Gasteiger partial charge < -0.3 is 4.74 Å². The molecule has 0 aromatic rings. The third-order valence-corrected chi connectivity index (χ3v) is 5.46. The molecule has 0 N–H and O–H groups in total. The Morgan fingerprint density at radius 1 is 1.15 bits per heavy atom. The van der Waals surface area contributed by atoms with Gasteiger partial charge in [0.2, 0.25) is 5.92 Å². The van der Waals surface area contributed by atoms with Gasteiger partial charge in [0.25, 0.3) is 0 Å². The molecule has 20 heavy (non-hydrogen) atoms. The van der Waals surface area contributed by atoms with E-state index in [1.807, 2.05) is 0 Å². The van der Waals surface area contributed by atoms with E-state index in [-0.39, 0.29) is 30.8 Å². The van der Waals surface area contributed by atoms with Crippen LogP contribution in [0, 0.1) is 23.2 Å². The Bertz CT molecular complexity index is 351. The van der Waals surface area contributed by atoms with Crippen molar-refractivity contribution in [3.8, 4) is 0 Å². The van der Waals surface area contributed by atoms with Crippen molar-refractivity contribution >= 4 is 5.97 Å². The molecule has 4 aliphatic carbocycles. The first-order valence-corrected chi connectivity index (χ1v) is 7.91. The quantitative estimate of drug-likeness (QED) is 0.560. The normalized spacial score (nSPS) is 39.0. The highest BCUT2D eigenvalue weighted by Gasteiger charge is 2.55. The average molecular weight is 286 g/mol. The van der Waals surface area contributed by atoms with Gasteiger partial charge in [0, 0.05) is 6.42 Å². The minimum Gasteiger partial charge on any atom is -0.465 e. The van der Waals surface area contributed by atoms with E-state index >= 15 is 0 Å². The molecule has 0 atom stereocenters. The number of hydrogen-bond donors (Lipinski definition) is 0. The Morgan fingerprint density at radius 2 is 1.65 bits per heavy atom. The second kappa shape index (κ2) is 4.96. The van der Waals surface area contributed by atoms with Crippen LogP contribution in [0.15, 0.2) is 0 Å². The summed E-state index contributed by atoms with van der Waals surface area (Å²) >= 11 is 0. The van der Waals surface area contributed by atoms with Crippen molar-refractivity contribution in [2.45, 2.75) is 64.2 Å². The van der Waals surface area contributed by atoms with E-state index in [1.54, 1.807) is 0 Å². The van der Waals surface area contributed by atoms with Crippen LogP contribution in [0.3, 0.4) is 0 Å². The Balaban J connectivity index is 1.52. The third-order valence-electron chi connectivity index (χ3n) is 5.46. The Labute approximate surface area is 119 Å². The second-order valence-electron chi connectivity index (χ2n) is 7.51. The number of rotatable bonds is 5. The van der Waals surface area contributed by atoms with E-state index in [0.717, 1.165) is 26.2 Å². The first-order valence-electron chi connectivity index (χ1n) is 7.91. The van der Waals surface area contributed by atoms with Gasteiger partial charge in [-0.25, -0.2) is 8.78 Å². The van der Waals surface area contributed by atoms with Gasteiger partial charge in [-0.2, -0.15) is 0 Å². The molecule has 4 rings (SSSR count). The molecule has 2 nitrogen and oxygen atoms in total. The Kier molecular flexibility index (Phi) is 3.54. The van der Waals surface area contributed by atoms with Gasteiger partial charge in [-0.3, -0.25) is 4.79 Å². The van der Waals surface area contributed by atoms with Crippen LogP contribution in [-0.2, 0) is 9.53 Å². The highest BCUT2D eigenvalue weighted by molar-refractivity contribution is 5.77. The smallest absolute Gasteiger partial charge is 0.312 e.